The average molecular weight is 204 g/mol. The SMILES string of the molecule is COc1ncc(Br)nc1N. The molecule has 0 radical (unpaired) electrons. The molecule has 0 unspecified atom stereocenters. The second-order valence-corrected chi connectivity index (χ2v) is 2.40. The molecule has 10 heavy (non-hydrogen) atoms. The standard InChI is InChI=1S/C5H6BrN3O/c1-10-5-4(7)9-3(6)2-8-5/h2H,1H3,(H2,7,9). The summed E-state index contributed by atoms with van der Waals surface area (Å²) in [5.41, 5.74) is 5.40. The number of nitrogens with two attached hydrogens (primary N) is 1. The minimum atomic E-state index is 0.289. The molecule has 1 heterocycles. The average Bonchev–Trinajstić information content (AvgIpc) is 1.88. The van der Waals surface area contributed by atoms with E-state index in [2.05, 4.69) is 25.9 Å². The fourth-order valence-corrected chi connectivity index (χ4v) is 0.820. The van der Waals surface area contributed by atoms with Gasteiger partial charge in [0.2, 0.25) is 0 Å². The number of rotatable bonds is 1. The zero-order chi connectivity index (χ0) is 7.56. The molecule has 0 saturated carbocycles. The van der Waals surface area contributed by atoms with E-state index in [1.165, 1.54) is 13.3 Å². The lowest BCUT2D eigenvalue weighted by atomic mass is 10.6. The summed E-state index contributed by atoms with van der Waals surface area (Å²) in [4.78, 5) is 7.69. The van der Waals surface area contributed by atoms with Crippen molar-refractivity contribution < 1.29 is 4.74 Å². The fourth-order valence-electron chi connectivity index (χ4n) is 0.527. The highest BCUT2D eigenvalue weighted by atomic mass is 79.9. The first kappa shape index (κ1) is 7.27. The summed E-state index contributed by atoms with van der Waals surface area (Å²) >= 11 is 3.12. The van der Waals surface area contributed by atoms with E-state index in [4.69, 9.17) is 10.5 Å². The smallest absolute Gasteiger partial charge is 0.256 e. The molecule has 1 aromatic heterocycles. The van der Waals surface area contributed by atoms with Crippen molar-refractivity contribution in [1.82, 2.24) is 9.97 Å². The summed E-state index contributed by atoms with van der Waals surface area (Å²) < 4.78 is 5.38. The quantitative estimate of drug-likeness (QED) is 0.735. The Morgan fingerprint density at radius 2 is 2.40 bits per heavy atom. The maximum absolute atomic E-state index is 5.40. The van der Waals surface area contributed by atoms with Crippen LogP contribution in [0.25, 0.3) is 0 Å². The lowest BCUT2D eigenvalue weighted by molar-refractivity contribution is 0.398. The monoisotopic (exact) mass is 203 g/mol. The van der Waals surface area contributed by atoms with Crippen LogP contribution in [0.4, 0.5) is 5.82 Å². The summed E-state index contributed by atoms with van der Waals surface area (Å²) in [7, 11) is 1.49. The molecule has 1 aromatic rings. The van der Waals surface area contributed by atoms with Gasteiger partial charge in [-0.1, -0.05) is 0 Å². The molecule has 0 amide bonds. The molecule has 0 aromatic carbocycles. The van der Waals surface area contributed by atoms with Gasteiger partial charge in [-0.05, 0) is 15.9 Å². The number of methoxy groups -OCH3 is 1. The van der Waals surface area contributed by atoms with Crippen molar-refractivity contribution in [2.24, 2.45) is 0 Å². The fraction of sp³-hybridized carbons (Fsp3) is 0.200. The van der Waals surface area contributed by atoms with Crippen LogP contribution in [0.3, 0.4) is 0 Å². The van der Waals surface area contributed by atoms with Crippen molar-refractivity contribution in [3.8, 4) is 5.88 Å². The molecule has 0 atom stereocenters. The molecule has 0 aliphatic carbocycles. The molecule has 0 bridgehead atoms. The minimum absolute atomic E-state index is 0.289. The third-order valence-corrected chi connectivity index (χ3v) is 1.31. The van der Waals surface area contributed by atoms with Crippen molar-refractivity contribution in [2.75, 3.05) is 12.8 Å². The van der Waals surface area contributed by atoms with E-state index in [1.807, 2.05) is 0 Å². The third kappa shape index (κ3) is 1.36. The number of nitrogens with zero attached hydrogens (tertiary/aromatic N) is 2. The van der Waals surface area contributed by atoms with E-state index >= 15 is 0 Å². The molecule has 54 valence electrons. The van der Waals surface area contributed by atoms with Crippen molar-refractivity contribution in [3.63, 3.8) is 0 Å². The normalized spacial score (nSPS) is 9.40. The zero-order valence-electron chi connectivity index (χ0n) is 5.34. The van der Waals surface area contributed by atoms with Crippen molar-refractivity contribution in [3.05, 3.63) is 10.8 Å². The second kappa shape index (κ2) is 2.83. The van der Waals surface area contributed by atoms with Gasteiger partial charge >= 0.3 is 0 Å². The first-order valence-corrected chi connectivity index (χ1v) is 3.35. The van der Waals surface area contributed by atoms with E-state index in [0.29, 0.717) is 10.5 Å². The summed E-state index contributed by atoms with van der Waals surface area (Å²) in [6.45, 7) is 0. The Bertz CT molecular complexity index is 240. The van der Waals surface area contributed by atoms with Gasteiger partial charge in [-0.25, -0.2) is 9.97 Å². The first-order valence-electron chi connectivity index (χ1n) is 2.56. The highest BCUT2D eigenvalue weighted by Gasteiger charge is 2.00. The second-order valence-electron chi connectivity index (χ2n) is 1.59. The molecule has 0 saturated heterocycles. The highest BCUT2D eigenvalue weighted by Crippen LogP contribution is 2.16. The van der Waals surface area contributed by atoms with E-state index in [0.717, 1.165) is 0 Å². The maximum atomic E-state index is 5.40. The van der Waals surface area contributed by atoms with E-state index in [1.54, 1.807) is 0 Å². The van der Waals surface area contributed by atoms with Crippen molar-refractivity contribution in [1.29, 1.82) is 0 Å². The minimum Gasteiger partial charge on any atom is -0.478 e. The Kier molecular flexibility index (Phi) is 2.06. The summed E-state index contributed by atoms with van der Waals surface area (Å²) in [6.07, 6.45) is 1.52. The van der Waals surface area contributed by atoms with Crippen molar-refractivity contribution >= 4 is 21.7 Å². The van der Waals surface area contributed by atoms with Gasteiger partial charge in [0, 0.05) is 0 Å². The molecular weight excluding hydrogens is 198 g/mol. The van der Waals surface area contributed by atoms with Crippen LogP contribution in [0, 0.1) is 0 Å². The van der Waals surface area contributed by atoms with Crippen LogP contribution in [0.1, 0.15) is 0 Å². The number of ether oxygens (including phenoxy) is 1. The van der Waals surface area contributed by atoms with Crippen LogP contribution in [0.5, 0.6) is 5.88 Å². The number of nitrogen functional groups attached to an aromatic ring is 1. The van der Waals surface area contributed by atoms with Crippen LogP contribution in [0.15, 0.2) is 10.8 Å². The van der Waals surface area contributed by atoms with Crippen LogP contribution >= 0.6 is 15.9 Å². The van der Waals surface area contributed by atoms with E-state index < -0.39 is 0 Å². The van der Waals surface area contributed by atoms with Gasteiger partial charge in [0.25, 0.3) is 5.88 Å². The van der Waals surface area contributed by atoms with Crippen LogP contribution in [-0.2, 0) is 0 Å². The predicted octanol–water partition coefficient (Wildman–Crippen LogP) is 0.830. The summed E-state index contributed by atoms with van der Waals surface area (Å²) in [5, 5.41) is 0. The van der Waals surface area contributed by atoms with Gasteiger partial charge in [0.1, 0.15) is 4.60 Å². The zero-order valence-corrected chi connectivity index (χ0v) is 6.92. The Morgan fingerprint density at radius 1 is 1.70 bits per heavy atom. The number of hydrogen-bond donors (Lipinski definition) is 1. The largest absolute Gasteiger partial charge is 0.478 e. The Hall–Kier alpha value is -0.840. The number of hydrogen-bond acceptors (Lipinski definition) is 4. The van der Waals surface area contributed by atoms with Gasteiger partial charge in [0.15, 0.2) is 5.82 Å². The van der Waals surface area contributed by atoms with E-state index in [-0.39, 0.29) is 5.82 Å². The van der Waals surface area contributed by atoms with Gasteiger partial charge in [0.05, 0.1) is 13.3 Å². The molecule has 0 spiro atoms. The Morgan fingerprint density at radius 3 is 2.90 bits per heavy atom. The van der Waals surface area contributed by atoms with E-state index in [9.17, 15) is 0 Å². The third-order valence-electron chi connectivity index (χ3n) is 0.928. The van der Waals surface area contributed by atoms with Gasteiger partial charge in [-0.15, -0.1) is 0 Å². The molecular formula is C5H6BrN3O. The van der Waals surface area contributed by atoms with Crippen LogP contribution < -0.4 is 10.5 Å². The molecule has 0 fully saturated rings. The van der Waals surface area contributed by atoms with Gasteiger partial charge < -0.3 is 10.5 Å². The lowest BCUT2D eigenvalue weighted by Crippen LogP contribution is -1.97. The van der Waals surface area contributed by atoms with Crippen LogP contribution in [0.2, 0.25) is 0 Å². The van der Waals surface area contributed by atoms with Gasteiger partial charge in [-0.2, -0.15) is 0 Å². The molecule has 0 aliphatic heterocycles. The number of aromatic nitrogens is 2. The molecule has 5 heteroatoms. The van der Waals surface area contributed by atoms with Gasteiger partial charge in [-0.3, -0.25) is 0 Å². The molecule has 0 aliphatic rings. The van der Waals surface area contributed by atoms with Crippen molar-refractivity contribution in [2.45, 2.75) is 0 Å². The number of halogens is 1. The Labute approximate surface area is 66.6 Å². The Balaban J connectivity index is 3.07. The van der Waals surface area contributed by atoms with Crippen LogP contribution in [-0.4, -0.2) is 17.1 Å². The lowest BCUT2D eigenvalue weighted by Gasteiger charge is -1.99. The molecule has 2 N–H and O–H groups in total. The molecule has 4 nitrogen and oxygen atoms in total. The topological polar surface area (TPSA) is 61.0 Å². The number of anilines is 1. The summed E-state index contributed by atoms with van der Waals surface area (Å²) in [6, 6.07) is 0. The predicted molar refractivity (Wildman–Crippen MR) is 40.7 cm³/mol. The maximum Gasteiger partial charge on any atom is 0.256 e. The first-order chi connectivity index (χ1) is 4.74. The summed E-state index contributed by atoms with van der Waals surface area (Å²) in [5.74, 6) is 0.639. The highest BCUT2D eigenvalue weighted by molar-refractivity contribution is 9.10. The molecule has 1 rings (SSSR count).